The number of rotatable bonds is 2. The van der Waals surface area contributed by atoms with Gasteiger partial charge < -0.3 is 4.42 Å². The zero-order valence-corrected chi connectivity index (χ0v) is 9.16. The summed E-state index contributed by atoms with van der Waals surface area (Å²) in [5.41, 5.74) is 3.28. The van der Waals surface area contributed by atoms with Crippen molar-refractivity contribution in [2.75, 3.05) is 0 Å². The molecule has 0 radical (unpaired) electrons. The van der Waals surface area contributed by atoms with Gasteiger partial charge in [-0.25, -0.2) is 4.98 Å². The Bertz CT molecular complexity index is 494. The minimum atomic E-state index is 0.551. The Balaban J connectivity index is 2.09. The van der Waals surface area contributed by atoms with E-state index in [-0.39, 0.29) is 0 Å². The second-order valence-electron chi connectivity index (χ2n) is 4.71. The van der Waals surface area contributed by atoms with Crippen LogP contribution in [-0.4, -0.2) is 4.98 Å². The van der Waals surface area contributed by atoms with Crippen molar-refractivity contribution in [3.05, 3.63) is 29.7 Å². The van der Waals surface area contributed by atoms with Gasteiger partial charge in [0.1, 0.15) is 5.52 Å². The predicted octanol–water partition coefficient (Wildman–Crippen LogP) is 3.83. The highest BCUT2D eigenvalue weighted by atomic mass is 16.3. The molecule has 78 valence electrons. The number of nitrogens with zero attached hydrogens (tertiary/aromatic N) is 1. The highest BCUT2D eigenvalue weighted by Gasteiger charge is 2.28. The molecule has 1 fully saturated rings. The Morgan fingerprint density at radius 3 is 2.80 bits per heavy atom. The molecule has 2 nitrogen and oxygen atoms in total. The topological polar surface area (TPSA) is 26.0 Å². The molecule has 0 N–H and O–H groups in total. The average Bonchev–Trinajstić information content (AvgIpc) is 2.97. The Kier molecular flexibility index (Phi) is 1.84. The molecule has 0 unspecified atom stereocenters. The Labute approximate surface area is 89.3 Å². The molecule has 1 aliphatic rings. The minimum Gasteiger partial charge on any atom is -0.440 e. The van der Waals surface area contributed by atoms with E-state index in [1.807, 2.05) is 6.07 Å². The fourth-order valence-electron chi connectivity index (χ4n) is 1.83. The minimum absolute atomic E-state index is 0.551. The Morgan fingerprint density at radius 1 is 1.33 bits per heavy atom. The molecule has 1 aromatic heterocycles. The first kappa shape index (κ1) is 8.96. The molecular formula is C13H15NO. The van der Waals surface area contributed by atoms with Crippen LogP contribution in [0.15, 0.2) is 22.6 Å². The largest absolute Gasteiger partial charge is 0.440 e. The molecule has 2 aromatic rings. The quantitative estimate of drug-likeness (QED) is 0.738. The van der Waals surface area contributed by atoms with Crippen LogP contribution >= 0.6 is 0 Å². The summed E-state index contributed by atoms with van der Waals surface area (Å²) in [7, 11) is 0. The van der Waals surface area contributed by atoms with E-state index < -0.39 is 0 Å². The third-order valence-electron chi connectivity index (χ3n) is 3.02. The van der Waals surface area contributed by atoms with Crippen LogP contribution < -0.4 is 0 Å². The van der Waals surface area contributed by atoms with Crippen LogP contribution in [0.4, 0.5) is 0 Å². The summed E-state index contributed by atoms with van der Waals surface area (Å²) in [6.45, 7) is 4.39. The van der Waals surface area contributed by atoms with Crippen molar-refractivity contribution in [3.63, 3.8) is 0 Å². The normalized spacial score (nSPS) is 16.5. The van der Waals surface area contributed by atoms with Crippen molar-refractivity contribution < 1.29 is 4.42 Å². The average molecular weight is 201 g/mol. The van der Waals surface area contributed by atoms with Gasteiger partial charge >= 0.3 is 0 Å². The summed E-state index contributed by atoms with van der Waals surface area (Å²) in [6.07, 6.45) is 2.48. The van der Waals surface area contributed by atoms with Crippen LogP contribution in [0.3, 0.4) is 0 Å². The molecule has 1 aromatic carbocycles. The lowest BCUT2D eigenvalue weighted by molar-refractivity contribution is 0.533. The summed E-state index contributed by atoms with van der Waals surface area (Å²) in [4.78, 5) is 4.55. The molecule has 0 amide bonds. The van der Waals surface area contributed by atoms with Crippen molar-refractivity contribution in [1.82, 2.24) is 4.98 Å². The maximum absolute atomic E-state index is 5.72. The van der Waals surface area contributed by atoms with Crippen LogP contribution in [-0.2, 0) is 0 Å². The molecule has 0 aliphatic heterocycles. The first-order chi connectivity index (χ1) is 7.24. The molecule has 2 heteroatoms. The summed E-state index contributed by atoms with van der Waals surface area (Å²) >= 11 is 0. The van der Waals surface area contributed by atoms with Gasteiger partial charge in [-0.2, -0.15) is 0 Å². The SMILES string of the molecule is CC(C)c1ccc2oc(C3CC3)nc2c1. The number of hydrogen-bond acceptors (Lipinski definition) is 2. The first-order valence-electron chi connectivity index (χ1n) is 5.64. The van der Waals surface area contributed by atoms with E-state index in [0.717, 1.165) is 17.0 Å². The number of benzene rings is 1. The van der Waals surface area contributed by atoms with Gasteiger partial charge in [0.2, 0.25) is 0 Å². The standard InChI is InChI=1S/C13H15NO/c1-8(2)10-5-6-12-11(7-10)14-13(15-12)9-3-4-9/h5-9H,3-4H2,1-2H3. The van der Waals surface area contributed by atoms with E-state index >= 15 is 0 Å². The molecule has 0 saturated heterocycles. The summed E-state index contributed by atoms with van der Waals surface area (Å²) in [5, 5.41) is 0. The molecule has 0 atom stereocenters. The zero-order chi connectivity index (χ0) is 10.4. The molecule has 1 saturated carbocycles. The van der Waals surface area contributed by atoms with Crippen LogP contribution in [0.25, 0.3) is 11.1 Å². The summed E-state index contributed by atoms with van der Waals surface area (Å²) < 4.78 is 5.72. The fourth-order valence-corrected chi connectivity index (χ4v) is 1.83. The van der Waals surface area contributed by atoms with Crippen molar-refractivity contribution in [3.8, 4) is 0 Å². The fraction of sp³-hybridized carbons (Fsp3) is 0.462. The third kappa shape index (κ3) is 1.54. The van der Waals surface area contributed by atoms with Crippen molar-refractivity contribution in [2.24, 2.45) is 0 Å². The number of fused-ring (bicyclic) bond motifs is 1. The van der Waals surface area contributed by atoms with Crippen LogP contribution in [0, 0.1) is 0 Å². The maximum atomic E-state index is 5.72. The highest BCUT2D eigenvalue weighted by molar-refractivity contribution is 5.73. The molecule has 1 heterocycles. The second-order valence-corrected chi connectivity index (χ2v) is 4.71. The van der Waals surface area contributed by atoms with Crippen LogP contribution in [0.1, 0.15) is 50.0 Å². The number of hydrogen-bond donors (Lipinski definition) is 0. The lowest BCUT2D eigenvalue weighted by atomic mass is 10.0. The van der Waals surface area contributed by atoms with Gasteiger partial charge in [0, 0.05) is 5.92 Å². The Hall–Kier alpha value is -1.31. The molecule has 15 heavy (non-hydrogen) atoms. The molecule has 3 rings (SSSR count). The first-order valence-corrected chi connectivity index (χ1v) is 5.64. The van der Waals surface area contributed by atoms with Crippen molar-refractivity contribution >= 4 is 11.1 Å². The lowest BCUT2D eigenvalue weighted by Crippen LogP contribution is -1.85. The maximum Gasteiger partial charge on any atom is 0.198 e. The van der Waals surface area contributed by atoms with E-state index in [4.69, 9.17) is 4.42 Å². The van der Waals surface area contributed by atoms with Gasteiger partial charge in [-0.3, -0.25) is 0 Å². The van der Waals surface area contributed by atoms with E-state index in [1.54, 1.807) is 0 Å². The predicted molar refractivity (Wildman–Crippen MR) is 60.1 cm³/mol. The monoisotopic (exact) mass is 201 g/mol. The smallest absolute Gasteiger partial charge is 0.198 e. The highest BCUT2D eigenvalue weighted by Crippen LogP contribution is 2.40. The number of aromatic nitrogens is 1. The molecule has 1 aliphatic carbocycles. The van der Waals surface area contributed by atoms with Gasteiger partial charge in [-0.15, -0.1) is 0 Å². The molecule has 0 bridgehead atoms. The van der Waals surface area contributed by atoms with E-state index in [0.29, 0.717) is 11.8 Å². The third-order valence-corrected chi connectivity index (χ3v) is 3.02. The van der Waals surface area contributed by atoms with Gasteiger partial charge in [0.05, 0.1) is 0 Å². The molecule has 0 spiro atoms. The van der Waals surface area contributed by atoms with Gasteiger partial charge in [-0.1, -0.05) is 19.9 Å². The van der Waals surface area contributed by atoms with E-state index in [9.17, 15) is 0 Å². The van der Waals surface area contributed by atoms with Gasteiger partial charge in [0.15, 0.2) is 11.5 Å². The summed E-state index contributed by atoms with van der Waals surface area (Å²) in [5.74, 6) is 2.08. The van der Waals surface area contributed by atoms with Crippen molar-refractivity contribution in [1.29, 1.82) is 0 Å². The Morgan fingerprint density at radius 2 is 2.13 bits per heavy atom. The van der Waals surface area contributed by atoms with Gasteiger partial charge in [-0.05, 0) is 36.5 Å². The van der Waals surface area contributed by atoms with Crippen LogP contribution in [0.2, 0.25) is 0 Å². The van der Waals surface area contributed by atoms with Gasteiger partial charge in [0.25, 0.3) is 0 Å². The van der Waals surface area contributed by atoms with E-state index in [1.165, 1.54) is 18.4 Å². The van der Waals surface area contributed by atoms with E-state index in [2.05, 4.69) is 31.0 Å². The summed E-state index contributed by atoms with van der Waals surface area (Å²) in [6, 6.07) is 6.33. The van der Waals surface area contributed by atoms with Crippen molar-refractivity contribution in [2.45, 2.75) is 38.5 Å². The lowest BCUT2D eigenvalue weighted by Gasteiger charge is -2.02. The second kappa shape index (κ2) is 3.09. The number of oxazole rings is 1. The zero-order valence-electron chi connectivity index (χ0n) is 9.16. The van der Waals surface area contributed by atoms with Crippen LogP contribution in [0.5, 0.6) is 0 Å². The molecular weight excluding hydrogens is 186 g/mol.